The van der Waals surface area contributed by atoms with Gasteiger partial charge in [-0.05, 0) is 12.1 Å². The Morgan fingerprint density at radius 1 is 0.714 bits per heavy atom. The van der Waals surface area contributed by atoms with Gasteiger partial charge in [-0.25, -0.2) is 0 Å². The van der Waals surface area contributed by atoms with Crippen LogP contribution in [0.3, 0.4) is 0 Å². The smallest absolute Gasteiger partial charge is 0.313 e. The fourth-order valence-corrected chi connectivity index (χ4v) is 2.57. The highest BCUT2D eigenvalue weighted by atomic mass is 35.5. The molecule has 0 heterocycles. The number of halogens is 1. The number of hydrogen-bond donors (Lipinski definition) is 10. The lowest BCUT2D eigenvalue weighted by Gasteiger charge is -2.28. The van der Waals surface area contributed by atoms with Gasteiger partial charge in [-0.3, -0.25) is 19.2 Å². The molecule has 0 aromatic heterocycles. The van der Waals surface area contributed by atoms with Crippen molar-refractivity contribution in [2.24, 2.45) is 0 Å². The van der Waals surface area contributed by atoms with E-state index in [2.05, 4.69) is 10.6 Å². The molecule has 0 aliphatic rings. The first-order chi connectivity index (χ1) is 16.5. The number of nitriles is 1. The number of nitrogens with one attached hydrogen (secondary N) is 4. The fraction of sp³-hybridized carbons (Fsp3) is 0.421. The summed E-state index contributed by atoms with van der Waals surface area (Å²) < 4.78 is 0. The summed E-state index contributed by atoms with van der Waals surface area (Å²) in [5.74, 6) is -5.54. The number of nitrogens with zero attached hydrogens (tertiary/aromatic N) is 1. The van der Waals surface area contributed by atoms with E-state index in [0.717, 1.165) is 12.1 Å². The van der Waals surface area contributed by atoms with E-state index in [-0.39, 0.29) is 16.9 Å². The molecule has 1 aromatic rings. The van der Waals surface area contributed by atoms with Crippen LogP contribution in [-0.2, 0) is 19.2 Å². The lowest BCUT2D eigenvalue weighted by atomic mass is 10.0. The number of benzene rings is 1. The number of hydrogen-bond acceptors (Lipinski definition) is 11. The zero-order chi connectivity index (χ0) is 26.8. The molecule has 16 heteroatoms. The van der Waals surface area contributed by atoms with Crippen LogP contribution in [0.2, 0.25) is 5.02 Å². The molecule has 0 unspecified atom stereocenters. The van der Waals surface area contributed by atoms with Crippen LogP contribution in [0.4, 0.5) is 11.4 Å². The Bertz CT molecular complexity index is 919. The van der Waals surface area contributed by atoms with E-state index in [9.17, 15) is 55.1 Å². The Morgan fingerprint density at radius 3 is 1.29 bits per heavy atom. The number of carbonyl (C=O) groups excluding carboxylic acids is 4. The summed E-state index contributed by atoms with van der Waals surface area (Å²) in [5, 5.41) is 72.4. The third-order valence-corrected chi connectivity index (χ3v) is 5.09. The maximum absolute atomic E-state index is 12.3. The summed E-state index contributed by atoms with van der Waals surface area (Å²) in [5.41, 5.74) is -4.66. The van der Waals surface area contributed by atoms with Crippen molar-refractivity contribution in [1.82, 2.24) is 10.6 Å². The Labute approximate surface area is 202 Å². The molecule has 1 aromatic carbocycles. The standard InChI is InChI=1S/C19H24ClN5O10/c20-13-11(22-14(32)16(34)24-18(4-26,5-27)6-28)1-10(3-21)2-12(13)23-15(33)17(35)25-19(7-29,8-30)9-31/h1-2,26-31H,4-9H2,(H,22,32)(H,23,33)(H,24,34)(H,25,35). The number of amides is 4. The summed E-state index contributed by atoms with van der Waals surface area (Å²) in [7, 11) is 0. The van der Waals surface area contributed by atoms with Crippen LogP contribution >= 0.6 is 11.6 Å². The second-order valence-electron chi connectivity index (χ2n) is 7.32. The molecular weight excluding hydrogens is 494 g/mol. The SMILES string of the molecule is N#Cc1cc(NC(=O)C(=O)NC(CO)(CO)CO)c(Cl)c(NC(=O)C(=O)NC(CO)(CO)CO)c1. The predicted octanol–water partition coefficient (Wildman–Crippen LogP) is -4.25. The highest BCUT2D eigenvalue weighted by Gasteiger charge is 2.34. The van der Waals surface area contributed by atoms with Gasteiger partial charge in [0.1, 0.15) is 11.1 Å². The molecule has 10 N–H and O–H groups in total. The summed E-state index contributed by atoms with van der Waals surface area (Å²) >= 11 is 6.12. The van der Waals surface area contributed by atoms with Crippen LogP contribution in [0, 0.1) is 11.3 Å². The van der Waals surface area contributed by atoms with E-state index in [0.29, 0.717) is 0 Å². The van der Waals surface area contributed by atoms with Gasteiger partial charge in [0, 0.05) is 0 Å². The van der Waals surface area contributed by atoms with Gasteiger partial charge < -0.3 is 51.9 Å². The van der Waals surface area contributed by atoms with Gasteiger partial charge in [-0.15, -0.1) is 0 Å². The third kappa shape index (κ3) is 7.31. The second kappa shape index (κ2) is 12.9. The summed E-state index contributed by atoms with van der Waals surface area (Å²) in [6.07, 6.45) is 0. The molecule has 0 spiro atoms. The Balaban J connectivity index is 3.13. The number of rotatable bonds is 10. The zero-order valence-electron chi connectivity index (χ0n) is 18.0. The molecule has 0 bridgehead atoms. The van der Waals surface area contributed by atoms with Crippen LogP contribution in [0.15, 0.2) is 12.1 Å². The number of anilines is 2. The highest BCUT2D eigenvalue weighted by Crippen LogP contribution is 2.32. The van der Waals surface area contributed by atoms with Gasteiger partial charge in [0.2, 0.25) is 0 Å². The number of aliphatic hydroxyl groups excluding tert-OH is 6. The van der Waals surface area contributed by atoms with Crippen molar-refractivity contribution >= 4 is 46.6 Å². The van der Waals surface area contributed by atoms with Crippen molar-refractivity contribution in [3.63, 3.8) is 0 Å². The molecule has 0 saturated heterocycles. The minimum absolute atomic E-state index is 0.174. The van der Waals surface area contributed by atoms with Crippen LogP contribution in [0.5, 0.6) is 0 Å². The molecule has 35 heavy (non-hydrogen) atoms. The van der Waals surface area contributed by atoms with Crippen molar-refractivity contribution in [2.75, 3.05) is 50.3 Å². The highest BCUT2D eigenvalue weighted by molar-refractivity contribution is 6.44. The topological polar surface area (TPSA) is 262 Å². The molecule has 0 saturated carbocycles. The van der Waals surface area contributed by atoms with Crippen LogP contribution in [0.1, 0.15) is 5.56 Å². The van der Waals surface area contributed by atoms with E-state index in [1.54, 1.807) is 6.07 Å². The van der Waals surface area contributed by atoms with E-state index in [1.165, 1.54) is 0 Å². The maximum Gasteiger partial charge on any atom is 0.313 e. The average molecular weight is 518 g/mol. The van der Waals surface area contributed by atoms with Gasteiger partial charge >= 0.3 is 23.6 Å². The Kier molecular flexibility index (Phi) is 11.0. The summed E-state index contributed by atoms with van der Waals surface area (Å²) in [6, 6.07) is 3.78. The molecule has 192 valence electrons. The second-order valence-corrected chi connectivity index (χ2v) is 7.70. The average Bonchev–Trinajstić information content (AvgIpc) is 2.87. The molecule has 4 amide bonds. The van der Waals surface area contributed by atoms with Gasteiger partial charge in [0.25, 0.3) is 0 Å². The lowest BCUT2D eigenvalue weighted by molar-refractivity contribution is -0.138. The van der Waals surface area contributed by atoms with E-state index < -0.39 is 79.4 Å². The number of aliphatic hydroxyl groups is 6. The molecule has 0 fully saturated rings. The van der Waals surface area contributed by atoms with Gasteiger partial charge in [-0.1, -0.05) is 11.6 Å². The Morgan fingerprint density at radius 2 is 1.03 bits per heavy atom. The van der Waals surface area contributed by atoms with Crippen LogP contribution < -0.4 is 21.3 Å². The van der Waals surface area contributed by atoms with Crippen LogP contribution in [0.25, 0.3) is 0 Å². The van der Waals surface area contributed by atoms with E-state index >= 15 is 0 Å². The summed E-state index contributed by atoms with van der Waals surface area (Å²) in [4.78, 5) is 48.8. The van der Waals surface area contributed by atoms with E-state index in [1.807, 2.05) is 10.6 Å². The van der Waals surface area contributed by atoms with Crippen molar-refractivity contribution in [2.45, 2.75) is 11.1 Å². The summed E-state index contributed by atoms with van der Waals surface area (Å²) in [6.45, 7) is -5.38. The number of carbonyl (C=O) groups is 4. The lowest BCUT2D eigenvalue weighted by Crippen LogP contribution is -2.59. The van der Waals surface area contributed by atoms with Crippen molar-refractivity contribution in [3.05, 3.63) is 22.7 Å². The first-order valence-corrected chi connectivity index (χ1v) is 10.0. The van der Waals surface area contributed by atoms with Crippen LogP contribution in [-0.4, -0.2) is 105 Å². The minimum atomic E-state index is -1.90. The molecule has 0 radical (unpaired) electrons. The maximum atomic E-state index is 12.3. The fourth-order valence-electron chi connectivity index (χ4n) is 2.36. The predicted molar refractivity (Wildman–Crippen MR) is 118 cm³/mol. The molecule has 0 aliphatic carbocycles. The molecular formula is C19H24ClN5O10. The first-order valence-electron chi connectivity index (χ1n) is 9.65. The van der Waals surface area contributed by atoms with Crippen molar-refractivity contribution < 1.29 is 49.8 Å². The quantitative estimate of drug-likeness (QED) is 0.133. The van der Waals surface area contributed by atoms with Gasteiger partial charge in [0.15, 0.2) is 0 Å². The molecule has 15 nitrogen and oxygen atoms in total. The molecule has 0 atom stereocenters. The van der Waals surface area contributed by atoms with Gasteiger partial charge in [-0.2, -0.15) is 5.26 Å². The third-order valence-electron chi connectivity index (χ3n) is 4.68. The first kappa shape index (κ1) is 29.7. The van der Waals surface area contributed by atoms with Gasteiger partial charge in [0.05, 0.1) is 67.7 Å². The Hall–Kier alpha value is -3.36. The molecule has 0 aliphatic heterocycles. The monoisotopic (exact) mass is 517 g/mol. The molecule has 1 rings (SSSR count). The minimum Gasteiger partial charge on any atom is -0.394 e. The van der Waals surface area contributed by atoms with Crippen molar-refractivity contribution in [3.8, 4) is 6.07 Å². The largest absolute Gasteiger partial charge is 0.394 e. The zero-order valence-corrected chi connectivity index (χ0v) is 18.8. The normalized spacial score (nSPS) is 11.3. The van der Waals surface area contributed by atoms with E-state index in [4.69, 9.17) is 11.6 Å². The van der Waals surface area contributed by atoms with Crippen molar-refractivity contribution in [1.29, 1.82) is 5.26 Å².